The summed E-state index contributed by atoms with van der Waals surface area (Å²) in [5.41, 5.74) is 8.46. The SMILES string of the molecule is CCOc1nc(Nc2cccc(Br)c2C)ccc1N. The first-order valence-corrected chi connectivity index (χ1v) is 6.82. The number of nitrogens with zero attached hydrogens (tertiary/aromatic N) is 1. The Morgan fingerprint density at radius 1 is 1.32 bits per heavy atom. The number of nitrogens with two attached hydrogens (primary N) is 1. The third-order valence-corrected chi connectivity index (χ3v) is 3.56. The molecule has 1 heterocycles. The molecule has 2 aromatic rings. The number of halogens is 1. The summed E-state index contributed by atoms with van der Waals surface area (Å²) in [7, 11) is 0. The highest BCUT2D eigenvalue weighted by Crippen LogP contribution is 2.27. The molecule has 0 bridgehead atoms. The summed E-state index contributed by atoms with van der Waals surface area (Å²) in [5.74, 6) is 1.17. The molecule has 2 rings (SSSR count). The molecule has 0 saturated heterocycles. The second-order valence-electron chi connectivity index (χ2n) is 4.06. The summed E-state index contributed by atoms with van der Waals surface area (Å²) in [4.78, 5) is 4.35. The highest BCUT2D eigenvalue weighted by Gasteiger charge is 2.06. The molecule has 0 spiro atoms. The van der Waals surface area contributed by atoms with E-state index in [1.807, 2.05) is 38.1 Å². The molecule has 0 amide bonds. The van der Waals surface area contributed by atoms with Crippen LogP contribution in [0.4, 0.5) is 17.2 Å². The van der Waals surface area contributed by atoms with Crippen LogP contribution < -0.4 is 15.8 Å². The Morgan fingerprint density at radius 2 is 2.11 bits per heavy atom. The fraction of sp³-hybridized carbons (Fsp3) is 0.214. The van der Waals surface area contributed by atoms with Crippen LogP contribution in [-0.4, -0.2) is 11.6 Å². The summed E-state index contributed by atoms with van der Waals surface area (Å²) < 4.78 is 6.44. The molecule has 0 unspecified atom stereocenters. The average molecular weight is 322 g/mol. The van der Waals surface area contributed by atoms with Crippen molar-refractivity contribution in [2.45, 2.75) is 13.8 Å². The second kappa shape index (κ2) is 5.93. The van der Waals surface area contributed by atoms with E-state index in [9.17, 15) is 0 Å². The number of nitrogens with one attached hydrogen (secondary N) is 1. The number of nitrogen functional groups attached to an aromatic ring is 1. The zero-order chi connectivity index (χ0) is 13.8. The van der Waals surface area contributed by atoms with E-state index in [-0.39, 0.29) is 0 Å². The van der Waals surface area contributed by atoms with Crippen molar-refractivity contribution in [3.8, 4) is 5.88 Å². The van der Waals surface area contributed by atoms with E-state index in [4.69, 9.17) is 10.5 Å². The highest BCUT2D eigenvalue weighted by molar-refractivity contribution is 9.10. The number of pyridine rings is 1. The van der Waals surface area contributed by atoms with Gasteiger partial charge in [0.2, 0.25) is 5.88 Å². The van der Waals surface area contributed by atoms with Gasteiger partial charge in [-0.25, -0.2) is 0 Å². The van der Waals surface area contributed by atoms with E-state index in [2.05, 4.69) is 26.2 Å². The molecule has 0 aliphatic rings. The van der Waals surface area contributed by atoms with E-state index >= 15 is 0 Å². The van der Waals surface area contributed by atoms with Crippen LogP contribution in [0.25, 0.3) is 0 Å². The van der Waals surface area contributed by atoms with E-state index < -0.39 is 0 Å². The normalized spacial score (nSPS) is 10.3. The first-order valence-electron chi connectivity index (χ1n) is 6.03. The van der Waals surface area contributed by atoms with Crippen molar-refractivity contribution in [2.75, 3.05) is 17.7 Å². The van der Waals surface area contributed by atoms with E-state index in [0.29, 0.717) is 24.0 Å². The molecule has 0 aliphatic carbocycles. The molecule has 100 valence electrons. The number of hydrogen-bond donors (Lipinski definition) is 2. The minimum Gasteiger partial charge on any atom is -0.476 e. The van der Waals surface area contributed by atoms with Crippen LogP contribution in [-0.2, 0) is 0 Å². The number of aromatic nitrogens is 1. The predicted octanol–water partition coefficient (Wildman–Crippen LogP) is 3.88. The zero-order valence-corrected chi connectivity index (χ0v) is 12.5. The van der Waals surface area contributed by atoms with Crippen LogP contribution in [0.3, 0.4) is 0 Å². The van der Waals surface area contributed by atoms with Crippen LogP contribution >= 0.6 is 15.9 Å². The van der Waals surface area contributed by atoms with Gasteiger partial charge in [-0.15, -0.1) is 0 Å². The third kappa shape index (κ3) is 3.17. The number of hydrogen-bond acceptors (Lipinski definition) is 4. The van der Waals surface area contributed by atoms with Crippen molar-refractivity contribution in [3.05, 3.63) is 40.4 Å². The van der Waals surface area contributed by atoms with E-state index in [0.717, 1.165) is 15.7 Å². The van der Waals surface area contributed by atoms with Gasteiger partial charge in [-0.2, -0.15) is 4.98 Å². The maximum Gasteiger partial charge on any atom is 0.239 e. The Morgan fingerprint density at radius 3 is 2.84 bits per heavy atom. The predicted molar refractivity (Wildman–Crippen MR) is 82.0 cm³/mol. The van der Waals surface area contributed by atoms with Crippen LogP contribution in [0.5, 0.6) is 5.88 Å². The minimum atomic E-state index is 0.458. The molecule has 0 saturated carbocycles. The summed E-state index contributed by atoms with van der Waals surface area (Å²) in [6.07, 6.45) is 0. The van der Waals surface area contributed by atoms with Crippen molar-refractivity contribution in [1.29, 1.82) is 0 Å². The topological polar surface area (TPSA) is 60.2 Å². The monoisotopic (exact) mass is 321 g/mol. The first-order chi connectivity index (χ1) is 9.11. The summed E-state index contributed by atoms with van der Waals surface area (Å²) in [6, 6.07) is 9.59. The fourth-order valence-electron chi connectivity index (χ4n) is 1.65. The van der Waals surface area contributed by atoms with Gasteiger partial charge in [0.05, 0.1) is 12.3 Å². The Kier molecular flexibility index (Phi) is 4.27. The van der Waals surface area contributed by atoms with Crippen molar-refractivity contribution >= 4 is 33.1 Å². The standard InChI is InChI=1S/C14H16BrN3O/c1-3-19-14-11(16)7-8-13(18-14)17-12-6-4-5-10(15)9(12)2/h4-8H,3,16H2,1-2H3,(H,17,18). The lowest BCUT2D eigenvalue weighted by molar-refractivity contribution is 0.329. The maximum atomic E-state index is 5.80. The van der Waals surface area contributed by atoms with Gasteiger partial charge in [0.25, 0.3) is 0 Å². The lowest BCUT2D eigenvalue weighted by Gasteiger charge is -2.12. The summed E-state index contributed by atoms with van der Waals surface area (Å²) in [6.45, 7) is 4.48. The second-order valence-corrected chi connectivity index (χ2v) is 4.92. The molecule has 0 radical (unpaired) electrons. The molecule has 0 atom stereocenters. The van der Waals surface area contributed by atoms with Crippen molar-refractivity contribution in [1.82, 2.24) is 4.98 Å². The zero-order valence-electron chi connectivity index (χ0n) is 10.9. The minimum absolute atomic E-state index is 0.458. The fourth-order valence-corrected chi connectivity index (χ4v) is 2.02. The van der Waals surface area contributed by atoms with Gasteiger partial charge in [0, 0.05) is 10.2 Å². The lowest BCUT2D eigenvalue weighted by atomic mass is 10.2. The van der Waals surface area contributed by atoms with Crippen LogP contribution in [0, 0.1) is 6.92 Å². The van der Waals surface area contributed by atoms with Crippen LogP contribution in [0.15, 0.2) is 34.8 Å². The summed E-state index contributed by atoms with van der Waals surface area (Å²) in [5, 5.41) is 3.26. The van der Waals surface area contributed by atoms with Gasteiger partial charge in [0.15, 0.2) is 0 Å². The average Bonchev–Trinajstić information content (AvgIpc) is 2.39. The maximum absolute atomic E-state index is 5.80. The molecule has 1 aromatic heterocycles. The largest absolute Gasteiger partial charge is 0.476 e. The number of ether oxygens (including phenoxy) is 1. The van der Waals surface area contributed by atoms with Gasteiger partial charge in [-0.05, 0) is 43.7 Å². The smallest absolute Gasteiger partial charge is 0.239 e. The molecule has 19 heavy (non-hydrogen) atoms. The molecule has 5 heteroatoms. The quantitative estimate of drug-likeness (QED) is 0.897. The van der Waals surface area contributed by atoms with Crippen LogP contribution in [0.1, 0.15) is 12.5 Å². The molecule has 4 nitrogen and oxygen atoms in total. The van der Waals surface area contributed by atoms with Crippen molar-refractivity contribution in [2.24, 2.45) is 0 Å². The Labute approximate surface area is 121 Å². The van der Waals surface area contributed by atoms with E-state index in [1.54, 1.807) is 6.07 Å². The number of rotatable bonds is 4. The van der Waals surface area contributed by atoms with Gasteiger partial charge in [-0.1, -0.05) is 22.0 Å². The van der Waals surface area contributed by atoms with Gasteiger partial charge < -0.3 is 15.8 Å². The van der Waals surface area contributed by atoms with Crippen molar-refractivity contribution < 1.29 is 4.74 Å². The Hall–Kier alpha value is -1.75. The molecule has 0 fully saturated rings. The number of benzene rings is 1. The first kappa shape index (κ1) is 13.7. The number of anilines is 3. The molecular weight excluding hydrogens is 306 g/mol. The van der Waals surface area contributed by atoms with Crippen LogP contribution in [0.2, 0.25) is 0 Å². The molecule has 1 aromatic carbocycles. The van der Waals surface area contributed by atoms with Crippen molar-refractivity contribution in [3.63, 3.8) is 0 Å². The lowest BCUT2D eigenvalue weighted by Crippen LogP contribution is -2.02. The van der Waals surface area contributed by atoms with Gasteiger partial charge in [0.1, 0.15) is 5.82 Å². The Balaban J connectivity index is 2.28. The molecular formula is C14H16BrN3O. The molecule has 3 N–H and O–H groups in total. The van der Waals surface area contributed by atoms with Gasteiger partial charge in [-0.3, -0.25) is 0 Å². The molecule has 0 aliphatic heterocycles. The van der Waals surface area contributed by atoms with E-state index in [1.165, 1.54) is 0 Å². The van der Waals surface area contributed by atoms with Gasteiger partial charge >= 0.3 is 0 Å². The summed E-state index contributed by atoms with van der Waals surface area (Å²) >= 11 is 3.51. The third-order valence-electron chi connectivity index (χ3n) is 2.70. The Bertz CT molecular complexity index is 587. The highest BCUT2D eigenvalue weighted by atomic mass is 79.9.